The fraction of sp³-hybridized carbons (Fsp3) is 0.333. The molecule has 0 spiro atoms. The highest BCUT2D eigenvalue weighted by atomic mass is 19.3. The summed E-state index contributed by atoms with van der Waals surface area (Å²) in [5, 5.41) is 9.06. The third-order valence-corrected chi connectivity index (χ3v) is 4.14. The summed E-state index contributed by atoms with van der Waals surface area (Å²) in [4.78, 5) is 8.43. The molecule has 0 bridgehead atoms. The van der Waals surface area contributed by atoms with Crippen LogP contribution in [0.2, 0.25) is 0 Å². The first-order valence-corrected chi connectivity index (χ1v) is 8.43. The predicted octanol–water partition coefficient (Wildman–Crippen LogP) is 5.00. The van der Waals surface area contributed by atoms with E-state index in [1.165, 1.54) is 25.1 Å². The van der Waals surface area contributed by atoms with Crippen molar-refractivity contribution in [2.45, 2.75) is 31.6 Å². The second-order valence-corrected chi connectivity index (χ2v) is 6.44. The van der Waals surface area contributed by atoms with Crippen molar-refractivity contribution in [3.8, 4) is 0 Å². The minimum atomic E-state index is -3.29. The van der Waals surface area contributed by atoms with E-state index in [9.17, 15) is 13.2 Å². The van der Waals surface area contributed by atoms with Gasteiger partial charge in [0.15, 0.2) is 0 Å². The molecule has 2 aromatic rings. The van der Waals surface area contributed by atoms with Crippen LogP contribution in [0.3, 0.4) is 0 Å². The lowest BCUT2D eigenvalue weighted by Crippen LogP contribution is -2.11. The Labute approximate surface area is 154 Å². The van der Waals surface area contributed by atoms with Crippen LogP contribution in [0.5, 0.6) is 0 Å². The minimum absolute atomic E-state index is 0.164. The van der Waals surface area contributed by atoms with Crippen LogP contribution in [0.1, 0.15) is 36.8 Å². The molecule has 0 amide bonds. The third kappa shape index (κ3) is 5.02. The third-order valence-electron chi connectivity index (χ3n) is 4.14. The number of rotatable bonds is 8. The Morgan fingerprint density at radius 2 is 2.04 bits per heavy atom. The van der Waals surface area contributed by atoms with Crippen molar-refractivity contribution in [2.75, 3.05) is 17.2 Å². The molecule has 0 unspecified atom stereocenters. The fourth-order valence-electron chi connectivity index (χ4n) is 2.47. The van der Waals surface area contributed by atoms with E-state index in [0.717, 1.165) is 17.7 Å². The number of anilines is 2. The van der Waals surface area contributed by atoms with E-state index in [2.05, 4.69) is 25.7 Å². The van der Waals surface area contributed by atoms with E-state index >= 15 is 0 Å². The molecule has 0 aliphatic heterocycles. The van der Waals surface area contributed by atoms with Crippen LogP contribution in [-0.2, 0) is 5.92 Å². The highest BCUT2D eigenvalue weighted by Crippen LogP contribution is 2.39. The number of hydrogen-bond donors (Lipinski definition) is 3. The van der Waals surface area contributed by atoms with Gasteiger partial charge in [-0.2, -0.15) is 5.11 Å². The van der Waals surface area contributed by atoms with Gasteiger partial charge in [0.25, 0.3) is 5.92 Å². The first-order valence-electron chi connectivity index (χ1n) is 8.43. The van der Waals surface area contributed by atoms with Crippen molar-refractivity contribution < 1.29 is 13.2 Å². The molecule has 0 saturated heterocycles. The molecule has 3 rings (SSSR count). The summed E-state index contributed by atoms with van der Waals surface area (Å²) in [5.41, 5.74) is 8.19. The summed E-state index contributed by atoms with van der Waals surface area (Å²) in [7, 11) is 0. The van der Waals surface area contributed by atoms with Crippen LogP contribution in [0.4, 0.5) is 24.8 Å². The molecule has 9 heteroatoms. The first-order chi connectivity index (χ1) is 12.9. The second kappa shape index (κ2) is 7.73. The molecule has 1 aromatic carbocycles. The van der Waals surface area contributed by atoms with Crippen LogP contribution in [0, 0.1) is 11.3 Å². The lowest BCUT2D eigenvalue weighted by atomic mass is 10.1. The number of nitrogens with zero attached hydrogens (tertiary/aromatic N) is 3. The Kier molecular flexibility index (Phi) is 5.38. The van der Waals surface area contributed by atoms with Gasteiger partial charge in [0.1, 0.15) is 5.82 Å². The molecular formula is C18H19F3N6. The van der Waals surface area contributed by atoms with Gasteiger partial charge >= 0.3 is 0 Å². The Morgan fingerprint density at radius 1 is 1.33 bits per heavy atom. The van der Waals surface area contributed by atoms with Gasteiger partial charge in [-0.15, -0.1) is 0 Å². The van der Waals surface area contributed by atoms with Crippen molar-refractivity contribution >= 4 is 11.6 Å². The molecule has 142 valence electrons. The molecule has 1 aromatic heterocycles. The smallest absolute Gasteiger partial charge is 0.273 e. The van der Waals surface area contributed by atoms with E-state index < -0.39 is 17.3 Å². The summed E-state index contributed by atoms with van der Waals surface area (Å²) in [6.45, 7) is 0.797. The standard InChI is InChI=1S/C18H19F3N6/c1-18(20,21)15-6-13(4-5-16(15)19)23-9-14(27-22)10-26-17-24-7-12(8-25-17)11-2-3-11/h4-9,11,22-23H,2-3,10H2,1H3,(H,24,25,26)/b14-9-,27-22?. The van der Waals surface area contributed by atoms with Crippen molar-refractivity contribution in [1.82, 2.24) is 9.97 Å². The summed E-state index contributed by atoms with van der Waals surface area (Å²) in [6, 6.07) is 3.32. The van der Waals surface area contributed by atoms with Crippen molar-refractivity contribution in [3.05, 3.63) is 59.4 Å². The van der Waals surface area contributed by atoms with Crippen molar-refractivity contribution in [3.63, 3.8) is 0 Å². The van der Waals surface area contributed by atoms with E-state index in [-0.39, 0.29) is 12.2 Å². The highest BCUT2D eigenvalue weighted by molar-refractivity contribution is 5.49. The van der Waals surface area contributed by atoms with E-state index in [0.29, 0.717) is 24.5 Å². The molecular weight excluding hydrogens is 357 g/mol. The quantitative estimate of drug-likeness (QED) is 0.566. The fourth-order valence-corrected chi connectivity index (χ4v) is 2.47. The Morgan fingerprint density at radius 3 is 2.63 bits per heavy atom. The number of nitrogens with one attached hydrogen (secondary N) is 3. The number of alkyl halides is 2. The van der Waals surface area contributed by atoms with Gasteiger partial charge in [-0.05, 0) is 42.5 Å². The first kappa shape index (κ1) is 18.8. The Bertz CT molecular complexity index is 841. The number of halogens is 3. The van der Waals surface area contributed by atoms with Gasteiger partial charge in [0.05, 0.1) is 17.8 Å². The van der Waals surface area contributed by atoms with E-state index in [1.807, 2.05) is 0 Å². The number of benzene rings is 1. The molecule has 1 fully saturated rings. The van der Waals surface area contributed by atoms with Crippen molar-refractivity contribution in [1.29, 1.82) is 5.53 Å². The summed E-state index contributed by atoms with van der Waals surface area (Å²) in [6.07, 6.45) is 7.27. The Hall–Kier alpha value is -2.97. The van der Waals surface area contributed by atoms with Gasteiger partial charge in [-0.3, -0.25) is 0 Å². The number of aromatic nitrogens is 2. The zero-order valence-corrected chi connectivity index (χ0v) is 14.6. The van der Waals surface area contributed by atoms with Crippen LogP contribution >= 0.6 is 0 Å². The summed E-state index contributed by atoms with van der Waals surface area (Å²) < 4.78 is 40.3. The summed E-state index contributed by atoms with van der Waals surface area (Å²) >= 11 is 0. The van der Waals surface area contributed by atoms with E-state index in [1.54, 1.807) is 12.4 Å². The molecule has 0 atom stereocenters. The van der Waals surface area contributed by atoms with Crippen LogP contribution < -0.4 is 10.6 Å². The van der Waals surface area contributed by atoms with Gasteiger partial charge < -0.3 is 10.6 Å². The van der Waals surface area contributed by atoms with Crippen LogP contribution in [0.25, 0.3) is 0 Å². The Balaban J connectivity index is 1.61. The molecule has 1 aliphatic carbocycles. The molecule has 1 heterocycles. The second-order valence-electron chi connectivity index (χ2n) is 6.44. The lowest BCUT2D eigenvalue weighted by Gasteiger charge is -2.13. The maximum Gasteiger partial charge on any atom is 0.273 e. The average molecular weight is 376 g/mol. The van der Waals surface area contributed by atoms with Gasteiger partial charge in [0, 0.05) is 31.2 Å². The van der Waals surface area contributed by atoms with E-state index in [4.69, 9.17) is 5.53 Å². The zero-order chi connectivity index (χ0) is 19.4. The zero-order valence-electron chi connectivity index (χ0n) is 14.6. The van der Waals surface area contributed by atoms with Crippen LogP contribution in [-0.4, -0.2) is 16.5 Å². The van der Waals surface area contributed by atoms with Crippen LogP contribution in [0.15, 0.2) is 47.6 Å². The monoisotopic (exact) mass is 376 g/mol. The normalized spacial score (nSPS) is 14.7. The van der Waals surface area contributed by atoms with Gasteiger partial charge in [-0.25, -0.2) is 28.7 Å². The molecule has 0 radical (unpaired) electrons. The van der Waals surface area contributed by atoms with Crippen molar-refractivity contribution in [2.24, 2.45) is 5.11 Å². The SMILES string of the molecule is CC(F)(F)c1cc(N/C=C(/CNc2ncc(C3CC3)cn2)N=N)ccc1F. The largest absolute Gasteiger partial charge is 0.360 e. The minimum Gasteiger partial charge on any atom is -0.360 e. The van der Waals surface area contributed by atoms with Gasteiger partial charge in [-0.1, -0.05) is 0 Å². The predicted molar refractivity (Wildman–Crippen MR) is 95.3 cm³/mol. The van der Waals surface area contributed by atoms with Gasteiger partial charge in [0.2, 0.25) is 5.95 Å². The molecule has 3 N–H and O–H groups in total. The average Bonchev–Trinajstić information content (AvgIpc) is 3.48. The summed E-state index contributed by atoms with van der Waals surface area (Å²) in [5.74, 6) is -3.29. The maximum atomic E-state index is 13.5. The highest BCUT2D eigenvalue weighted by Gasteiger charge is 2.28. The molecule has 1 saturated carbocycles. The topological polar surface area (TPSA) is 86.1 Å². The lowest BCUT2D eigenvalue weighted by molar-refractivity contribution is 0.0138. The number of hydrogen-bond acceptors (Lipinski definition) is 6. The maximum absolute atomic E-state index is 13.5. The molecule has 27 heavy (non-hydrogen) atoms. The molecule has 1 aliphatic rings. The molecule has 6 nitrogen and oxygen atoms in total.